The molecule has 160 valence electrons. The van der Waals surface area contributed by atoms with Crippen LogP contribution in [0.4, 0.5) is 0 Å². The van der Waals surface area contributed by atoms with Crippen molar-refractivity contribution in [1.29, 1.82) is 0 Å². The molecule has 0 aromatic heterocycles. The van der Waals surface area contributed by atoms with Gasteiger partial charge >= 0.3 is 0 Å². The minimum atomic E-state index is -1.77. The zero-order valence-corrected chi connectivity index (χ0v) is 20.3. The van der Waals surface area contributed by atoms with E-state index < -0.39 is 8.32 Å². The van der Waals surface area contributed by atoms with Gasteiger partial charge in [-0.2, -0.15) is 0 Å². The lowest BCUT2D eigenvalue weighted by Crippen LogP contribution is -2.44. The number of unbranched alkanes of at least 4 members (excludes halogenated alkanes) is 4. The first-order valence-electron chi connectivity index (χ1n) is 11.2. The number of hydrogen-bond donors (Lipinski definition) is 0. The molecule has 28 heavy (non-hydrogen) atoms. The van der Waals surface area contributed by atoms with E-state index in [4.69, 9.17) is 9.16 Å². The van der Waals surface area contributed by atoms with E-state index in [1.54, 1.807) is 0 Å². The van der Waals surface area contributed by atoms with Crippen LogP contribution in [0, 0.1) is 0 Å². The van der Waals surface area contributed by atoms with Gasteiger partial charge in [-0.1, -0.05) is 89.4 Å². The molecule has 0 aliphatic heterocycles. The fraction of sp³-hybridized carbons (Fsp3) is 0.680. The maximum Gasteiger partial charge on any atom is 0.192 e. The van der Waals surface area contributed by atoms with E-state index in [-0.39, 0.29) is 11.1 Å². The molecule has 0 radical (unpaired) electrons. The van der Waals surface area contributed by atoms with Crippen molar-refractivity contribution in [2.45, 2.75) is 103 Å². The molecular weight excluding hydrogens is 360 g/mol. The summed E-state index contributed by atoms with van der Waals surface area (Å²) in [4.78, 5) is 0. The van der Waals surface area contributed by atoms with E-state index in [1.165, 1.54) is 37.7 Å². The summed E-state index contributed by atoms with van der Waals surface area (Å²) in [7, 11) is -1.77. The second-order valence-corrected chi connectivity index (χ2v) is 14.1. The SMILES string of the molecule is CCCCCC/C=C\C[C@H](CCOCc1ccccc1)O[Si](C)(C)C(C)(C)C. The van der Waals surface area contributed by atoms with Crippen LogP contribution >= 0.6 is 0 Å². The zero-order chi connectivity index (χ0) is 20.9. The zero-order valence-electron chi connectivity index (χ0n) is 19.3. The van der Waals surface area contributed by atoms with E-state index in [0.29, 0.717) is 6.61 Å². The first kappa shape index (κ1) is 25.1. The minimum absolute atomic E-state index is 0.236. The Hall–Kier alpha value is -0.903. The number of hydrogen-bond acceptors (Lipinski definition) is 2. The second kappa shape index (κ2) is 13.3. The number of ether oxygens (including phenoxy) is 1. The average molecular weight is 405 g/mol. The van der Waals surface area contributed by atoms with Crippen molar-refractivity contribution < 1.29 is 9.16 Å². The van der Waals surface area contributed by atoms with Crippen LogP contribution in [0.2, 0.25) is 18.1 Å². The predicted molar refractivity (Wildman–Crippen MR) is 125 cm³/mol. The Morgan fingerprint density at radius 1 is 1.00 bits per heavy atom. The second-order valence-electron chi connectivity index (χ2n) is 9.38. The maximum absolute atomic E-state index is 6.71. The molecule has 0 saturated carbocycles. The van der Waals surface area contributed by atoms with Crippen LogP contribution in [0.15, 0.2) is 42.5 Å². The van der Waals surface area contributed by atoms with Crippen molar-refractivity contribution >= 4 is 8.32 Å². The van der Waals surface area contributed by atoms with Crippen LogP contribution in [0.25, 0.3) is 0 Å². The fourth-order valence-electron chi connectivity index (χ4n) is 2.85. The summed E-state index contributed by atoms with van der Waals surface area (Å²) in [5.41, 5.74) is 1.23. The molecule has 0 fully saturated rings. The normalized spacial score (nSPS) is 13.9. The van der Waals surface area contributed by atoms with Crippen LogP contribution in [0.1, 0.15) is 78.2 Å². The Bertz CT molecular complexity index is 531. The highest BCUT2D eigenvalue weighted by molar-refractivity contribution is 6.74. The smallest absolute Gasteiger partial charge is 0.192 e. The summed E-state index contributed by atoms with van der Waals surface area (Å²) >= 11 is 0. The van der Waals surface area contributed by atoms with Crippen molar-refractivity contribution in [2.75, 3.05) is 6.61 Å². The summed E-state index contributed by atoms with van der Waals surface area (Å²) in [6.45, 7) is 15.3. The van der Waals surface area contributed by atoms with Gasteiger partial charge in [-0.05, 0) is 49.4 Å². The molecule has 1 aromatic rings. The van der Waals surface area contributed by atoms with Crippen molar-refractivity contribution in [1.82, 2.24) is 0 Å². The van der Waals surface area contributed by atoms with E-state index >= 15 is 0 Å². The minimum Gasteiger partial charge on any atom is -0.414 e. The molecule has 3 heteroatoms. The van der Waals surface area contributed by atoms with Gasteiger partial charge in [0.1, 0.15) is 0 Å². The monoisotopic (exact) mass is 404 g/mol. The molecule has 2 nitrogen and oxygen atoms in total. The summed E-state index contributed by atoms with van der Waals surface area (Å²) in [6, 6.07) is 10.4. The largest absolute Gasteiger partial charge is 0.414 e. The lowest BCUT2D eigenvalue weighted by Gasteiger charge is -2.39. The molecule has 0 amide bonds. The third-order valence-electron chi connectivity index (χ3n) is 5.75. The van der Waals surface area contributed by atoms with Gasteiger partial charge in [-0.15, -0.1) is 0 Å². The van der Waals surface area contributed by atoms with E-state index in [1.807, 2.05) is 6.07 Å². The van der Waals surface area contributed by atoms with E-state index in [9.17, 15) is 0 Å². The van der Waals surface area contributed by atoms with Gasteiger partial charge in [0, 0.05) is 6.61 Å². The summed E-state index contributed by atoms with van der Waals surface area (Å²) in [5.74, 6) is 0. The number of benzene rings is 1. The molecule has 0 aliphatic carbocycles. The van der Waals surface area contributed by atoms with Crippen molar-refractivity contribution in [3.05, 3.63) is 48.0 Å². The van der Waals surface area contributed by atoms with Crippen molar-refractivity contribution in [2.24, 2.45) is 0 Å². The van der Waals surface area contributed by atoms with Crippen LogP contribution < -0.4 is 0 Å². The molecule has 1 atom stereocenters. The summed E-state index contributed by atoms with van der Waals surface area (Å²) < 4.78 is 12.6. The van der Waals surface area contributed by atoms with E-state index in [2.05, 4.69) is 77.2 Å². The first-order valence-corrected chi connectivity index (χ1v) is 14.1. The molecular formula is C25H44O2Si. The molecule has 0 saturated heterocycles. The summed E-state index contributed by atoms with van der Waals surface area (Å²) in [6.07, 6.45) is 13.4. The Labute approximate surface area is 175 Å². The Morgan fingerprint density at radius 3 is 2.36 bits per heavy atom. The highest BCUT2D eigenvalue weighted by atomic mass is 28.4. The van der Waals surface area contributed by atoms with Crippen LogP contribution in [0.5, 0.6) is 0 Å². The molecule has 0 aliphatic rings. The van der Waals surface area contributed by atoms with E-state index in [0.717, 1.165) is 19.4 Å². The Balaban J connectivity index is 2.48. The Kier molecular flexibility index (Phi) is 12.0. The van der Waals surface area contributed by atoms with Crippen LogP contribution in [-0.4, -0.2) is 21.0 Å². The predicted octanol–water partition coefficient (Wildman–Crippen LogP) is 7.90. The van der Waals surface area contributed by atoms with Gasteiger partial charge < -0.3 is 9.16 Å². The standard InChI is InChI=1S/C25H44O2Si/c1-7-8-9-10-11-12-16-19-24(27-28(5,6)25(2,3)4)20-21-26-22-23-17-14-13-15-18-23/h12-18,24H,7-11,19-22H2,1-6H3/b16-12-/t24-/m1/s1. The number of rotatable bonds is 14. The molecule has 0 spiro atoms. The van der Waals surface area contributed by atoms with Gasteiger partial charge in [0.05, 0.1) is 12.7 Å². The van der Waals surface area contributed by atoms with Gasteiger partial charge in [0.15, 0.2) is 8.32 Å². The third-order valence-corrected chi connectivity index (χ3v) is 10.3. The average Bonchev–Trinajstić information content (AvgIpc) is 2.64. The molecule has 1 aromatic carbocycles. The van der Waals surface area contributed by atoms with Gasteiger partial charge in [0.25, 0.3) is 0 Å². The van der Waals surface area contributed by atoms with Crippen molar-refractivity contribution in [3.8, 4) is 0 Å². The molecule has 0 unspecified atom stereocenters. The maximum atomic E-state index is 6.71. The van der Waals surface area contributed by atoms with Crippen molar-refractivity contribution in [3.63, 3.8) is 0 Å². The first-order chi connectivity index (χ1) is 13.3. The molecule has 0 heterocycles. The number of allylic oxidation sites excluding steroid dienone is 1. The lowest BCUT2D eigenvalue weighted by molar-refractivity contribution is 0.0783. The fourth-order valence-corrected chi connectivity index (χ4v) is 4.25. The lowest BCUT2D eigenvalue weighted by atomic mass is 10.1. The highest BCUT2D eigenvalue weighted by Crippen LogP contribution is 2.38. The van der Waals surface area contributed by atoms with Crippen LogP contribution in [-0.2, 0) is 15.8 Å². The van der Waals surface area contributed by atoms with Gasteiger partial charge in [0.2, 0.25) is 0 Å². The van der Waals surface area contributed by atoms with Gasteiger partial charge in [-0.3, -0.25) is 0 Å². The third kappa shape index (κ3) is 10.6. The molecule has 0 bridgehead atoms. The molecule has 1 rings (SSSR count). The van der Waals surface area contributed by atoms with Gasteiger partial charge in [-0.25, -0.2) is 0 Å². The molecule has 0 N–H and O–H groups in total. The quantitative estimate of drug-likeness (QED) is 0.178. The highest BCUT2D eigenvalue weighted by Gasteiger charge is 2.38. The summed E-state index contributed by atoms with van der Waals surface area (Å²) in [5, 5.41) is 0.236. The Morgan fingerprint density at radius 2 is 1.71 bits per heavy atom. The topological polar surface area (TPSA) is 18.5 Å². The van der Waals surface area contributed by atoms with Crippen LogP contribution in [0.3, 0.4) is 0 Å².